The smallest absolute Gasteiger partial charge is 0.274 e. The molecule has 1 aliphatic rings. The van der Waals surface area contributed by atoms with Gasteiger partial charge in [0.05, 0.1) is 11.0 Å². The van der Waals surface area contributed by atoms with Gasteiger partial charge in [-0.1, -0.05) is 12.1 Å². The van der Waals surface area contributed by atoms with Crippen LogP contribution in [0.25, 0.3) is 22.5 Å². The van der Waals surface area contributed by atoms with E-state index in [1.54, 1.807) is 6.07 Å². The van der Waals surface area contributed by atoms with Gasteiger partial charge in [0.2, 0.25) is 0 Å². The van der Waals surface area contributed by atoms with E-state index in [0.29, 0.717) is 23.7 Å². The molecule has 1 atom stereocenters. The number of aromatic amines is 2. The number of aromatic nitrogens is 4. The summed E-state index contributed by atoms with van der Waals surface area (Å²) in [5.41, 5.74) is 3.12. The molecule has 4 aromatic rings. The average Bonchev–Trinajstić information content (AvgIpc) is 3.46. The van der Waals surface area contributed by atoms with Crippen LogP contribution in [0.2, 0.25) is 0 Å². The summed E-state index contributed by atoms with van der Waals surface area (Å²) in [4.78, 5) is 23.0. The van der Waals surface area contributed by atoms with Crippen molar-refractivity contribution in [2.24, 2.45) is 0 Å². The first-order valence-electron chi connectivity index (χ1n) is 9.53. The first-order valence-corrected chi connectivity index (χ1v) is 9.53. The lowest BCUT2D eigenvalue weighted by Crippen LogP contribution is -2.39. The lowest BCUT2D eigenvalue weighted by atomic mass is 9.97. The molecule has 3 aromatic heterocycles. The number of benzene rings is 1. The van der Waals surface area contributed by atoms with E-state index in [9.17, 15) is 4.79 Å². The Labute approximate surface area is 161 Å². The summed E-state index contributed by atoms with van der Waals surface area (Å²) in [5, 5.41) is 7.12. The van der Waals surface area contributed by atoms with Crippen LogP contribution in [0.4, 0.5) is 0 Å². The van der Waals surface area contributed by atoms with Gasteiger partial charge in [-0.15, -0.1) is 0 Å². The van der Waals surface area contributed by atoms with Gasteiger partial charge < -0.3 is 14.3 Å². The van der Waals surface area contributed by atoms with Gasteiger partial charge in [-0.05, 0) is 44.0 Å². The number of likely N-dealkylation sites (tertiary alicyclic amines) is 1. The fourth-order valence-electron chi connectivity index (χ4n) is 3.85. The van der Waals surface area contributed by atoms with Crippen LogP contribution >= 0.6 is 0 Å². The van der Waals surface area contributed by atoms with Gasteiger partial charge in [0, 0.05) is 25.1 Å². The zero-order valence-electron chi connectivity index (χ0n) is 15.6. The van der Waals surface area contributed by atoms with Gasteiger partial charge >= 0.3 is 0 Å². The Morgan fingerprint density at radius 2 is 2.14 bits per heavy atom. The van der Waals surface area contributed by atoms with E-state index in [2.05, 4.69) is 15.2 Å². The van der Waals surface area contributed by atoms with Gasteiger partial charge in [0.25, 0.3) is 5.91 Å². The Bertz CT molecular complexity index is 1110. The molecule has 28 heavy (non-hydrogen) atoms. The van der Waals surface area contributed by atoms with E-state index in [0.717, 1.165) is 42.0 Å². The monoisotopic (exact) mass is 375 g/mol. The molecule has 2 N–H and O–H groups in total. The quantitative estimate of drug-likeness (QED) is 0.569. The molecule has 5 rings (SSSR count). The SMILES string of the molecule is Cc1ccc(-c2cc(C(=O)N3CCC[C@H](c4nc5ccccc5[nH]4)C3)n[nH]2)o1. The second-order valence-corrected chi connectivity index (χ2v) is 7.31. The van der Waals surface area contributed by atoms with Crippen molar-refractivity contribution in [1.82, 2.24) is 25.1 Å². The second-order valence-electron chi connectivity index (χ2n) is 7.31. The Hall–Kier alpha value is -3.35. The van der Waals surface area contributed by atoms with Crippen molar-refractivity contribution < 1.29 is 9.21 Å². The number of fused-ring (bicyclic) bond motifs is 1. The predicted octanol–water partition coefficient (Wildman–Crippen LogP) is 3.87. The van der Waals surface area contributed by atoms with Crippen molar-refractivity contribution in [2.75, 3.05) is 13.1 Å². The molecule has 0 radical (unpaired) electrons. The van der Waals surface area contributed by atoms with Crippen LogP contribution in [-0.4, -0.2) is 44.1 Å². The number of amides is 1. The summed E-state index contributed by atoms with van der Waals surface area (Å²) >= 11 is 0. The van der Waals surface area contributed by atoms with Crippen molar-refractivity contribution in [3.8, 4) is 11.5 Å². The van der Waals surface area contributed by atoms with E-state index in [1.807, 2.05) is 48.2 Å². The first kappa shape index (κ1) is 16.8. The van der Waals surface area contributed by atoms with Crippen LogP contribution in [0.3, 0.4) is 0 Å². The third-order valence-electron chi connectivity index (χ3n) is 5.31. The van der Waals surface area contributed by atoms with E-state index >= 15 is 0 Å². The molecule has 4 heterocycles. The van der Waals surface area contributed by atoms with E-state index in [4.69, 9.17) is 9.40 Å². The summed E-state index contributed by atoms with van der Waals surface area (Å²) < 4.78 is 5.60. The highest BCUT2D eigenvalue weighted by atomic mass is 16.3. The van der Waals surface area contributed by atoms with Crippen LogP contribution in [0.5, 0.6) is 0 Å². The number of rotatable bonds is 3. The normalized spacial score (nSPS) is 17.3. The molecule has 7 nitrogen and oxygen atoms in total. The molecule has 1 amide bonds. The molecule has 0 unspecified atom stereocenters. The number of hydrogen-bond acceptors (Lipinski definition) is 4. The summed E-state index contributed by atoms with van der Waals surface area (Å²) in [7, 11) is 0. The maximum absolute atomic E-state index is 13.0. The topological polar surface area (TPSA) is 90.8 Å². The number of para-hydroxylation sites is 2. The summed E-state index contributed by atoms with van der Waals surface area (Å²) in [6.45, 7) is 3.26. The van der Waals surface area contributed by atoms with Crippen LogP contribution in [-0.2, 0) is 0 Å². The van der Waals surface area contributed by atoms with Gasteiger partial charge in [-0.2, -0.15) is 5.10 Å². The van der Waals surface area contributed by atoms with Crippen LogP contribution in [0.15, 0.2) is 46.9 Å². The first-order chi connectivity index (χ1) is 13.7. The zero-order valence-corrected chi connectivity index (χ0v) is 15.6. The average molecular weight is 375 g/mol. The Morgan fingerprint density at radius 1 is 1.25 bits per heavy atom. The molecular formula is C21H21N5O2. The van der Waals surface area contributed by atoms with E-state index < -0.39 is 0 Å². The number of nitrogens with zero attached hydrogens (tertiary/aromatic N) is 3. The van der Waals surface area contributed by atoms with Crippen molar-refractivity contribution >= 4 is 16.9 Å². The highest BCUT2D eigenvalue weighted by Gasteiger charge is 2.28. The molecule has 0 spiro atoms. The molecule has 1 fully saturated rings. The Morgan fingerprint density at radius 3 is 2.96 bits per heavy atom. The highest BCUT2D eigenvalue weighted by Crippen LogP contribution is 2.28. The molecule has 1 aliphatic heterocycles. The Kier molecular flexibility index (Phi) is 4.00. The van der Waals surface area contributed by atoms with Crippen molar-refractivity contribution in [3.63, 3.8) is 0 Å². The molecule has 1 aromatic carbocycles. The maximum atomic E-state index is 13.0. The van der Waals surface area contributed by atoms with Gasteiger partial charge in [0.15, 0.2) is 11.5 Å². The summed E-state index contributed by atoms with van der Waals surface area (Å²) in [5.74, 6) is 2.60. The van der Waals surface area contributed by atoms with Gasteiger partial charge in [0.1, 0.15) is 17.3 Å². The molecule has 0 saturated carbocycles. The molecule has 0 aliphatic carbocycles. The number of imidazole rings is 1. The van der Waals surface area contributed by atoms with Crippen molar-refractivity contribution in [3.05, 3.63) is 59.7 Å². The zero-order chi connectivity index (χ0) is 19.1. The number of aryl methyl sites for hydroxylation is 1. The summed E-state index contributed by atoms with van der Waals surface area (Å²) in [6.07, 6.45) is 1.96. The minimum absolute atomic E-state index is 0.0633. The third-order valence-corrected chi connectivity index (χ3v) is 5.31. The third kappa shape index (κ3) is 2.98. The molecule has 0 bridgehead atoms. The second kappa shape index (κ2) is 6.67. The fraction of sp³-hybridized carbons (Fsp3) is 0.286. The highest BCUT2D eigenvalue weighted by molar-refractivity contribution is 5.93. The molecule has 1 saturated heterocycles. The number of furan rings is 1. The van der Waals surface area contributed by atoms with Gasteiger partial charge in [-0.25, -0.2) is 4.98 Å². The Balaban J connectivity index is 1.34. The van der Waals surface area contributed by atoms with E-state index in [-0.39, 0.29) is 11.8 Å². The predicted molar refractivity (Wildman–Crippen MR) is 105 cm³/mol. The minimum atomic E-state index is -0.0633. The van der Waals surface area contributed by atoms with Gasteiger partial charge in [-0.3, -0.25) is 9.89 Å². The van der Waals surface area contributed by atoms with Crippen molar-refractivity contribution in [1.29, 1.82) is 0 Å². The number of piperidine rings is 1. The molecule has 7 heteroatoms. The molecule has 142 valence electrons. The number of H-pyrrole nitrogens is 2. The van der Waals surface area contributed by atoms with E-state index in [1.165, 1.54) is 0 Å². The van der Waals surface area contributed by atoms with Crippen LogP contribution in [0.1, 0.15) is 40.8 Å². The number of carbonyl (C=O) groups excluding carboxylic acids is 1. The fourth-order valence-corrected chi connectivity index (χ4v) is 3.85. The number of hydrogen-bond donors (Lipinski definition) is 2. The van der Waals surface area contributed by atoms with Crippen LogP contribution < -0.4 is 0 Å². The standard InChI is InChI=1S/C21H21N5O2/c1-13-8-9-19(28-13)17-11-18(25-24-17)21(27)26-10-4-5-14(12-26)20-22-15-6-2-3-7-16(15)23-20/h2-3,6-9,11,14H,4-5,10,12H2,1H3,(H,22,23)(H,24,25)/t14-/m0/s1. The largest absolute Gasteiger partial charge is 0.460 e. The minimum Gasteiger partial charge on any atom is -0.460 e. The summed E-state index contributed by atoms with van der Waals surface area (Å²) in [6, 6.07) is 13.5. The van der Waals surface area contributed by atoms with Crippen LogP contribution in [0, 0.1) is 6.92 Å². The lowest BCUT2D eigenvalue weighted by Gasteiger charge is -2.31. The van der Waals surface area contributed by atoms with Crippen molar-refractivity contribution in [2.45, 2.75) is 25.7 Å². The molecular weight excluding hydrogens is 354 g/mol. The number of carbonyl (C=O) groups is 1. The lowest BCUT2D eigenvalue weighted by molar-refractivity contribution is 0.0699. The number of nitrogens with one attached hydrogen (secondary N) is 2. The maximum Gasteiger partial charge on any atom is 0.274 e.